The summed E-state index contributed by atoms with van der Waals surface area (Å²) >= 11 is 0. The van der Waals surface area contributed by atoms with Gasteiger partial charge in [0.2, 0.25) is 5.91 Å². The third-order valence-electron chi connectivity index (χ3n) is 4.54. The second kappa shape index (κ2) is 9.03. The second-order valence-electron chi connectivity index (χ2n) is 6.41. The van der Waals surface area contributed by atoms with Crippen LogP contribution >= 0.6 is 0 Å². The summed E-state index contributed by atoms with van der Waals surface area (Å²) < 4.78 is 0. The van der Waals surface area contributed by atoms with Crippen LogP contribution in [0.5, 0.6) is 0 Å². The van der Waals surface area contributed by atoms with Crippen molar-refractivity contribution >= 4 is 11.9 Å². The average molecular weight is 299 g/mol. The van der Waals surface area contributed by atoms with Crippen LogP contribution in [0, 0.1) is 5.41 Å². The third kappa shape index (κ3) is 6.46. The van der Waals surface area contributed by atoms with Gasteiger partial charge < -0.3 is 15.1 Å². The Morgan fingerprint density at radius 2 is 1.71 bits per heavy atom. The van der Waals surface area contributed by atoms with Gasteiger partial charge in [0.25, 0.3) is 0 Å². The second-order valence-corrected chi connectivity index (χ2v) is 6.41. The monoisotopic (exact) mass is 299 g/mol. The van der Waals surface area contributed by atoms with Crippen molar-refractivity contribution in [3.63, 3.8) is 0 Å². The lowest BCUT2D eigenvalue weighted by Gasteiger charge is -2.36. The van der Waals surface area contributed by atoms with Crippen LogP contribution in [0.2, 0.25) is 0 Å². The van der Waals surface area contributed by atoms with E-state index in [1.807, 2.05) is 0 Å². The zero-order valence-electron chi connectivity index (χ0n) is 13.1. The van der Waals surface area contributed by atoms with Crippen molar-refractivity contribution in [3.8, 4) is 0 Å². The largest absolute Gasteiger partial charge is 0.481 e. The van der Waals surface area contributed by atoms with Crippen LogP contribution in [-0.2, 0) is 9.59 Å². The van der Waals surface area contributed by atoms with Crippen molar-refractivity contribution in [2.24, 2.45) is 5.41 Å². The minimum atomic E-state index is -0.796. The minimum absolute atomic E-state index is 0.0575. The molecule has 5 heteroatoms. The van der Waals surface area contributed by atoms with Gasteiger partial charge in [-0.1, -0.05) is 19.3 Å². The highest BCUT2D eigenvalue weighted by Gasteiger charge is 2.37. The molecule has 0 heterocycles. The molecule has 0 aliphatic heterocycles. The molecule has 1 amide bonds. The number of carboxylic acids is 1. The van der Waals surface area contributed by atoms with Gasteiger partial charge in [0.1, 0.15) is 0 Å². The highest BCUT2D eigenvalue weighted by atomic mass is 16.4. The van der Waals surface area contributed by atoms with Gasteiger partial charge in [-0.25, -0.2) is 0 Å². The highest BCUT2D eigenvalue weighted by Crippen LogP contribution is 2.42. The van der Waals surface area contributed by atoms with Gasteiger partial charge >= 0.3 is 5.97 Å². The van der Waals surface area contributed by atoms with Crippen molar-refractivity contribution in [2.45, 2.75) is 64.2 Å². The first-order chi connectivity index (χ1) is 9.99. The van der Waals surface area contributed by atoms with Crippen molar-refractivity contribution in [1.82, 2.24) is 4.90 Å². The molecule has 0 radical (unpaired) electrons. The molecule has 0 spiro atoms. The molecule has 1 fully saturated rings. The Labute approximate surface area is 127 Å². The number of carbonyl (C=O) groups excluding carboxylic acids is 1. The highest BCUT2D eigenvalue weighted by molar-refractivity contribution is 5.78. The first-order valence-corrected chi connectivity index (χ1v) is 8.06. The Kier molecular flexibility index (Phi) is 7.72. The van der Waals surface area contributed by atoms with Crippen LogP contribution < -0.4 is 0 Å². The summed E-state index contributed by atoms with van der Waals surface area (Å²) in [7, 11) is 1.79. The molecule has 0 bridgehead atoms. The molecule has 122 valence electrons. The lowest BCUT2D eigenvalue weighted by Crippen LogP contribution is -2.36. The SMILES string of the molecule is CN(CCCCCO)C(=O)CC1(CC(=O)O)CCCCC1. The van der Waals surface area contributed by atoms with Gasteiger partial charge in [-0.05, 0) is 37.5 Å². The number of unbranched alkanes of at least 4 members (excludes halogenated alkanes) is 2. The first-order valence-electron chi connectivity index (χ1n) is 8.06. The molecule has 0 saturated heterocycles. The van der Waals surface area contributed by atoms with Crippen molar-refractivity contribution in [3.05, 3.63) is 0 Å². The van der Waals surface area contributed by atoms with Gasteiger partial charge in [-0.3, -0.25) is 9.59 Å². The normalized spacial score (nSPS) is 17.4. The van der Waals surface area contributed by atoms with Crippen LogP contribution in [0.4, 0.5) is 0 Å². The Bertz CT molecular complexity index is 337. The Morgan fingerprint density at radius 3 is 2.29 bits per heavy atom. The Balaban J connectivity index is 2.49. The van der Waals surface area contributed by atoms with E-state index in [0.29, 0.717) is 13.0 Å². The number of aliphatic hydroxyl groups excluding tert-OH is 1. The lowest BCUT2D eigenvalue weighted by atomic mass is 9.69. The summed E-state index contributed by atoms with van der Waals surface area (Å²) in [6, 6.07) is 0. The molecule has 21 heavy (non-hydrogen) atoms. The number of aliphatic carboxylic acids is 1. The van der Waals surface area contributed by atoms with Gasteiger partial charge in [0.15, 0.2) is 0 Å². The predicted molar refractivity (Wildman–Crippen MR) is 81.0 cm³/mol. The standard InChI is InChI=1S/C16H29NO4/c1-17(10-6-3-7-11-18)14(19)12-16(13-15(20)21)8-4-2-5-9-16/h18H,2-13H2,1H3,(H,20,21). The van der Waals surface area contributed by atoms with Crippen LogP contribution in [0.25, 0.3) is 0 Å². The van der Waals surface area contributed by atoms with Crippen molar-refractivity contribution in [1.29, 1.82) is 0 Å². The number of aliphatic hydroxyl groups is 1. The molecule has 0 aromatic rings. The third-order valence-corrected chi connectivity index (χ3v) is 4.54. The maximum absolute atomic E-state index is 12.3. The number of rotatable bonds is 9. The van der Waals surface area contributed by atoms with Crippen LogP contribution in [0.3, 0.4) is 0 Å². The van der Waals surface area contributed by atoms with Crippen LogP contribution in [-0.4, -0.2) is 47.2 Å². The van der Waals surface area contributed by atoms with Gasteiger partial charge in [0, 0.05) is 26.6 Å². The number of nitrogens with zero attached hydrogens (tertiary/aromatic N) is 1. The molecule has 0 unspecified atom stereocenters. The van der Waals surface area contributed by atoms with E-state index in [1.165, 1.54) is 0 Å². The summed E-state index contributed by atoms with van der Waals surface area (Å²) in [5.74, 6) is -0.738. The number of hydrogen-bond acceptors (Lipinski definition) is 3. The summed E-state index contributed by atoms with van der Waals surface area (Å²) in [5, 5.41) is 17.9. The number of carbonyl (C=O) groups is 2. The van der Waals surface area contributed by atoms with E-state index >= 15 is 0 Å². The molecule has 0 aromatic heterocycles. The van der Waals surface area contributed by atoms with Crippen molar-refractivity contribution < 1.29 is 19.8 Å². The summed E-state index contributed by atoms with van der Waals surface area (Å²) in [4.78, 5) is 25.2. The fraction of sp³-hybridized carbons (Fsp3) is 0.875. The Hall–Kier alpha value is -1.10. The zero-order chi connectivity index (χ0) is 15.7. The molecule has 1 rings (SSSR count). The topological polar surface area (TPSA) is 77.8 Å². The average Bonchev–Trinajstić information content (AvgIpc) is 2.43. The maximum Gasteiger partial charge on any atom is 0.303 e. The predicted octanol–water partition coefficient (Wildman–Crippen LogP) is 2.42. The van der Waals surface area contributed by atoms with E-state index in [1.54, 1.807) is 11.9 Å². The van der Waals surface area contributed by atoms with E-state index in [-0.39, 0.29) is 24.3 Å². The molecular formula is C16H29NO4. The molecular weight excluding hydrogens is 270 g/mol. The molecule has 2 N–H and O–H groups in total. The van der Waals surface area contributed by atoms with Crippen LogP contribution in [0.1, 0.15) is 64.2 Å². The van der Waals surface area contributed by atoms with E-state index in [9.17, 15) is 9.59 Å². The molecule has 0 aromatic carbocycles. The molecule has 1 aliphatic rings. The minimum Gasteiger partial charge on any atom is -0.481 e. The number of carboxylic acid groups (broad SMARTS) is 1. The fourth-order valence-corrected chi connectivity index (χ4v) is 3.26. The summed E-state index contributed by atoms with van der Waals surface area (Å²) in [6.07, 6.45) is 7.93. The van der Waals surface area contributed by atoms with Crippen LogP contribution in [0.15, 0.2) is 0 Å². The molecule has 5 nitrogen and oxygen atoms in total. The lowest BCUT2D eigenvalue weighted by molar-refractivity contribution is -0.142. The van der Waals surface area contributed by atoms with Gasteiger partial charge in [-0.15, -0.1) is 0 Å². The molecule has 1 aliphatic carbocycles. The van der Waals surface area contributed by atoms with E-state index in [4.69, 9.17) is 10.2 Å². The van der Waals surface area contributed by atoms with E-state index < -0.39 is 5.97 Å². The van der Waals surface area contributed by atoms with Gasteiger partial charge in [-0.2, -0.15) is 0 Å². The zero-order valence-corrected chi connectivity index (χ0v) is 13.1. The van der Waals surface area contributed by atoms with E-state index in [2.05, 4.69) is 0 Å². The number of hydrogen-bond donors (Lipinski definition) is 2. The van der Waals surface area contributed by atoms with Gasteiger partial charge in [0.05, 0.1) is 6.42 Å². The van der Waals surface area contributed by atoms with Crippen molar-refractivity contribution in [2.75, 3.05) is 20.2 Å². The van der Waals surface area contributed by atoms with E-state index in [0.717, 1.165) is 51.4 Å². The molecule has 0 atom stereocenters. The fourth-order valence-electron chi connectivity index (χ4n) is 3.26. The maximum atomic E-state index is 12.3. The summed E-state index contributed by atoms with van der Waals surface area (Å²) in [6.45, 7) is 0.876. The smallest absolute Gasteiger partial charge is 0.303 e. The number of amides is 1. The summed E-state index contributed by atoms with van der Waals surface area (Å²) in [5.41, 5.74) is -0.333. The molecule has 1 saturated carbocycles. The first kappa shape index (κ1) is 18.0. The Morgan fingerprint density at radius 1 is 1.05 bits per heavy atom. The quantitative estimate of drug-likeness (QED) is 0.641.